The summed E-state index contributed by atoms with van der Waals surface area (Å²) in [4.78, 5) is 34.6. The Morgan fingerprint density at radius 1 is 1.21 bits per heavy atom. The van der Waals surface area contributed by atoms with Gasteiger partial charge in [0.15, 0.2) is 0 Å². The molecule has 1 saturated carbocycles. The molecule has 8 nitrogen and oxygen atoms in total. The second-order valence-corrected chi connectivity index (χ2v) is 12.2. The summed E-state index contributed by atoms with van der Waals surface area (Å²) in [5.41, 5.74) is 1.44. The Kier molecular flexibility index (Phi) is 6.34. The topological polar surface area (TPSA) is 91.3 Å². The maximum absolute atomic E-state index is 15.2. The maximum atomic E-state index is 15.2. The summed E-state index contributed by atoms with van der Waals surface area (Å²) in [5.74, 6) is -0.254. The largest absolute Gasteiger partial charge is 0.349 e. The number of fused-ring (bicyclic) bond motifs is 2. The molecule has 1 aromatic carbocycles. The number of aromatic nitrogens is 3. The molecular weight excluding hydrogens is 527 g/mol. The van der Waals surface area contributed by atoms with Crippen LogP contribution in [-0.4, -0.2) is 52.7 Å². The van der Waals surface area contributed by atoms with Crippen LogP contribution in [0, 0.1) is 25.6 Å². The van der Waals surface area contributed by atoms with Gasteiger partial charge in [-0.2, -0.15) is 0 Å². The lowest BCUT2D eigenvalue weighted by atomic mass is 9.74. The number of halogens is 2. The number of amides is 2. The van der Waals surface area contributed by atoms with Crippen LogP contribution in [0.5, 0.6) is 0 Å². The molecule has 3 aliphatic rings. The molecule has 2 amide bonds. The van der Waals surface area contributed by atoms with E-state index >= 15 is 4.39 Å². The second-order valence-electron chi connectivity index (χ2n) is 10.6. The number of anilines is 2. The average Bonchev–Trinajstić information content (AvgIpc) is 3.40. The van der Waals surface area contributed by atoms with Crippen LogP contribution in [0.3, 0.4) is 0 Å². The Morgan fingerprint density at radius 3 is 2.68 bits per heavy atom. The minimum absolute atomic E-state index is 0.0329. The Hall–Kier alpha value is -3.11. The van der Waals surface area contributed by atoms with E-state index in [0.29, 0.717) is 47.2 Å². The first-order valence-corrected chi connectivity index (χ1v) is 14.0. The zero-order valence-electron chi connectivity index (χ0n) is 21.2. The molecule has 3 aromatic rings. The molecule has 2 aliphatic heterocycles. The van der Waals surface area contributed by atoms with Gasteiger partial charge in [-0.25, -0.2) is 4.39 Å². The molecule has 0 unspecified atom stereocenters. The van der Waals surface area contributed by atoms with Crippen molar-refractivity contribution in [3.05, 3.63) is 63.1 Å². The summed E-state index contributed by atoms with van der Waals surface area (Å²) in [6, 6.07) is 6.68. The number of rotatable bonds is 5. The second kappa shape index (κ2) is 9.57. The molecule has 1 aliphatic carbocycles. The van der Waals surface area contributed by atoms with E-state index in [-0.39, 0.29) is 29.6 Å². The van der Waals surface area contributed by atoms with Crippen molar-refractivity contribution in [2.45, 2.75) is 51.0 Å². The highest BCUT2D eigenvalue weighted by atomic mass is 35.5. The van der Waals surface area contributed by atoms with Gasteiger partial charge in [0.1, 0.15) is 16.2 Å². The summed E-state index contributed by atoms with van der Waals surface area (Å²) in [6.45, 7) is 5.04. The van der Waals surface area contributed by atoms with Crippen LogP contribution in [0.1, 0.15) is 52.3 Å². The minimum atomic E-state index is -0.881. The predicted molar refractivity (Wildman–Crippen MR) is 144 cm³/mol. The normalized spacial score (nSPS) is 21.9. The van der Waals surface area contributed by atoms with Gasteiger partial charge in [-0.1, -0.05) is 29.0 Å². The Bertz CT molecular complexity index is 1420. The van der Waals surface area contributed by atoms with Gasteiger partial charge in [-0.15, -0.1) is 10.2 Å². The van der Waals surface area contributed by atoms with Crippen molar-refractivity contribution in [2.24, 2.45) is 5.92 Å². The van der Waals surface area contributed by atoms with Crippen LogP contribution in [-0.2, 0) is 10.2 Å². The monoisotopic (exact) mass is 554 g/mol. The Morgan fingerprint density at radius 2 is 1.97 bits per heavy atom. The molecule has 1 saturated heterocycles. The summed E-state index contributed by atoms with van der Waals surface area (Å²) >= 11 is 7.51. The van der Waals surface area contributed by atoms with Crippen LogP contribution in [0.2, 0.25) is 5.02 Å². The number of benzene rings is 1. The van der Waals surface area contributed by atoms with E-state index in [1.165, 1.54) is 23.6 Å². The van der Waals surface area contributed by atoms with Crippen molar-refractivity contribution in [1.82, 2.24) is 20.5 Å². The zero-order chi connectivity index (χ0) is 26.6. The average molecular weight is 555 g/mol. The molecule has 11 heteroatoms. The number of nitrogens with one attached hydrogen (secondary N) is 1. The first-order chi connectivity index (χ1) is 18.2. The third kappa shape index (κ3) is 4.23. The number of carbonyl (C=O) groups excluding carboxylic acids is 2. The predicted octanol–water partition coefficient (Wildman–Crippen LogP) is 4.44. The molecule has 4 heterocycles. The summed E-state index contributed by atoms with van der Waals surface area (Å²) < 4.78 is 15.2. The molecule has 0 radical (unpaired) electrons. The summed E-state index contributed by atoms with van der Waals surface area (Å²) in [7, 11) is 0. The highest BCUT2D eigenvalue weighted by Crippen LogP contribution is 2.50. The molecule has 1 N–H and O–H groups in total. The van der Waals surface area contributed by atoms with Gasteiger partial charge in [0.05, 0.1) is 22.0 Å². The number of carbonyl (C=O) groups is 2. The van der Waals surface area contributed by atoms with Crippen LogP contribution in [0.4, 0.5) is 15.2 Å². The van der Waals surface area contributed by atoms with Gasteiger partial charge in [0.25, 0.3) is 5.91 Å². The molecule has 1 spiro atoms. The number of hydrogen-bond donors (Lipinski definition) is 1. The lowest BCUT2D eigenvalue weighted by Crippen LogP contribution is -2.64. The standard InChI is InChI=1S/C27H28ClFN6O2S/c1-15-20(10-18(28)11-30-15)24(36)31-19-8-6-17(7-9-19)12-35-22-5-3-4-21(29)23(22)27(25(35)37)13-34(14-27)26-33-32-16(2)38-26/h3-5,10-11,17,19H,6-9,12-14H2,1-2H3,(H,31,36)/t17-,19-. The first-order valence-electron chi connectivity index (χ1n) is 12.8. The summed E-state index contributed by atoms with van der Waals surface area (Å²) in [6.07, 6.45) is 4.91. The van der Waals surface area contributed by atoms with E-state index in [0.717, 1.165) is 35.8 Å². The van der Waals surface area contributed by atoms with E-state index in [9.17, 15) is 9.59 Å². The molecular formula is C27H28ClFN6O2S. The fourth-order valence-corrected chi connectivity index (χ4v) is 6.91. The Balaban J connectivity index is 1.12. The minimum Gasteiger partial charge on any atom is -0.349 e. The molecule has 198 valence electrons. The number of hydrogen-bond acceptors (Lipinski definition) is 7. The summed E-state index contributed by atoms with van der Waals surface area (Å²) in [5, 5.41) is 13.5. The first kappa shape index (κ1) is 25.2. The third-order valence-electron chi connectivity index (χ3n) is 8.04. The smallest absolute Gasteiger partial charge is 0.253 e. The fraction of sp³-hybridized carbons (Fsp3) is 0.444. The lowest BCUT2D eigenvalue weighted by Gasteiger charge is -2.46. The zero-order valence-corrected chi connectivity index (χ0v) is 22.8. The van der Waals surface area contributed by atoms with Gasteiger partial charge < -0.3 is 15.1 Å². The van der Waals surface area contributed by atoms with Crippen molar-refractivity contribution < 1.29 is 14.0 Å². The van der Waals surface area contributed by atoms with Gasteiger partial charge >= 0.3 is 0 Å². The SMILES string of the molecule is Cc1nnc(N2CC3(C2)C(=O)N(C[C@H]2CC[C@H](NC(=O)c4cc(Cl)cnc4C)CC2)c2cccc(F)c23)s1. The number of nitrogens with zero attached hydrogens (tertiary/aromatic N) is 5. The van der Waals surface area contributed by atoms with Gasteiger partial charge in [-0.3, -0.25) is 14.6 Å². The van der Waals surface area contributed by atoms with E-state index in [1.54, 1.807) is 24.0 Å². The van der Waals surface area contributed by atoms with Crippen molar-refractivity contribution in [2.75, 3.05) is 29.4 Å². The van der Waals surface area contributed by atoms with Gasteiger partial charge in [0.2, 0.25) is 11.0 Å². The van der Waals surface area contributed by atoms with E-state index in [4.69, 9.17) is 11.6 Å². The van der Waals surface area contributed by atoms with E-state index in [2.05, 4.69) is 20.5 Å². The Labute approximate surface area is 229 Å². The van der Waals surface area contributed by atoms with Crippen LogP contribution >= 0.6 is 22.9 Å². The van der Waals surface area contributed by atoms with Crippen LogP contribution < -0.4 is 15.1 Å². The molecule has 0 atom stereocenters. The quantitative estimate of drug-likeness (QED) is 0.501. The van der Waals surface area contributed by atoms with E-state index in [1.807, 2.05) is 17.9 Å². The third-order valence-corrected chi connectivity index (χ3v) is 9.15. The molecule has 6 rings (SSSR count). The fourth-order valence-electron chi connectivity index (χ4n) is 6.06. The van der Waals surface area contributed by atoms with Crippen molar-refractivity contribution in [3.63, 3.8) is 0 Å². The number of aryl methyl sites for hydroxylation is 2. The highest BCUT2D eigenvalue weighted by molar-refractivity contribution is 7.15. The molecule has 0 bridgehead atoms. The van der Waals surface area contributed by atoms with Crippen molar-refractivity contribution in [1.29, 1.82) is 0 Å². The number of pyridine rings is 1. The molecule has 2 aromatic heterocycles. The molecule has 2 fully saturated rings. The molecule has 38 heavy (non-hydrogen) atoms. The van der Waals surface area contributed by atoms with Gasteiger partial charge in [-0.05, 0) is 63.6 Å². The van der Waals surface area contributed by atoms with Crippen LogP contribution in [0.15, 0.2) is 30.5 Å². The van der Waals surface area contributed by atoms with Crippen molar-refractivity contribution >= 4 is 45.6 Å². The van der Waals surface area contributed by atoms with Crippen LogP contribution in [0.25, 0.3) is 0 Å². The lowest BCUT2D eigenvalue weighted by molar-refractivity contribution is -0.124. The van der Waals surface area contributed by atoms with Gasteiger partial charge in [0, 0.05) is 37.4 Å². The highest BCUT2D eigenvalue weighted by Gasteiger charge is 2.60. The van der Waals surface area contributed by atoms with E-state index < -0.39 is 5.41 Å². The maximum Gasteiger partial charge on any atom is 0.253 e. The van der Waals surface area contributed by atoms with Crippen molar-refractivity contribution in [3.8, 4) is 0 Å².